The second-order valence-corrected chi connectivity index (χ2v) is 10.2. The van der Waals surface area contributed by atoms with Crippen molar-refractivity contribution in [1.29, 1.82) is 0 Å². The summed E-state index contributed by atoms with van der Waals surface area (Å²) in [5.74, 6) is 1.13. The van der Waals surface area contributed by atoms with Gasteiger partial charge in [0, 0.05) is 34.1 Å². The Hall–Kier alpha value is -1.92. The van der Waals surface area contributed by atoms with Gasteiger partial charge in [-0.25, -0.2) is 0 Å². The normalized spacial score (nSPS) is 20.1. The van der Waals surface area contributed by atoms with Crippen molar-refractivity contribution in [2.24, 2.45) is 5.92 Å². The highest BCUT2D eigenvalue weighted by molar-refractivity contribution is 7.10. The first-order valence-corrected chi connectivity index (χ1v) is 12.3. The van der Waals surface area contributed by atoms with E-state index in [1.54, 1.807) is 11.3 Å². The molecular formula is C25H37N3O2S. The Labute approximate surface area is 190 Å². The SMILES string of the molecule is CCC(c1scc(C(=O)NCc2c(C)cc(C)[nH]c2=O)c1C)[C@H]1CC[C@@H](N(C)C)CC1. The maximum atomic E-state index is 12.9. The van der Waals surface area contributed by atoms with Gasteiger partial charge in [0.1, 0.15) is 0 Å². The van der Waals surface area contributed by atoms with Gasteiger partial charge in [0.25, 0.3) is 11.5 Å². The molecule has 0 spiro atoms. The Morgan fingerprint density at radius 2 is 1.90 bits per heavy atom. The Morgan fingerprint density at radius 3 is 2.48 bits per heavy atom. The summed E-state index contributed by atoms with van der Waals surface area (Å²) in [6.07, 6.45) is 6.15. The van der Waals surface area contributed by atoms with E-state index in [1.165, 1.54) is 30.6 Å². The van der Waals surface area contributed by atoms with E-state index in [0.717, 1.165) is 28.8 Å². The number of amides is 1. The molecule has 6 heteroatoms. The van der Waals surface area contributed by atoms with Crippen molar-refractivity contribution in [3.8, 4) is 0 Å². The van der Waals surface area contributed by atoms with Gasteiger partial charge in [-0.05, 0) is 96.0 Å². The molecule has 2 N–H and O–H groups in total. The zero-order valence-electron chi connectivity index (χ0n) is 19.8. The summed E-state index contributed by atoms with van der Waals surface area (Å²) in [4.78, 5) is 31.7. The van der Waals surface area contributed by atoms with Gasteiger partial charge in [0.2, 0.25) is 0 Å². The van der Waals surface area contributed by atoms with E-state index in [2.05, 4.69) is 43.1 Å². The average molecular weight is 444 g/mol. The van der Waals surface area contributed by atoms with Crippen LogP contribution in [0.4, 0.5) is 0 Å². The third kappa shape index (κ3) is 5.29. The lowest BCUT2D eigenvalue weighted by Gasteiger charge is -2.36. The molecule has 0 bridgehead atoms. The number of H-pyrrole nitrogens is 1. The number of carbonyl (C=O) groups is 1. The third-order valence-electron chi connectivity index (χ3n) is 7.06. The molecule has 5 nitrogen and oxygen atoms in total. The van der Waals surface area contributed by atoms with Crippen LogP contribution < -0.4 is 10.9 Å². The van der Waals surface area contributed by atoms with Crippen LogP contribution in [-0.2, 0) is 6.54 Å². The highest BCUT2D eigenvalue weighted by atomic mass is 32.1. The minimum Gasteiger partial charge on any atom is -0.348 e. The minimum absolute atomic E-state index is 0.0921. The lowest BCUT2D eigenvalue weighted by atomic mass is 9.75. The smallest absolute Gasteiger partial charge is 0.253 e. The summed E-state index contributed by atoms with van der Waals surface area (Å²) in [6, 6.07) is 2.64. The first-order valence-electron chi connectivity index (χ1n) is 11.4. The molecule has 1 aliphatic carbocycles. The maximum absolute atomic E-state index is 12.9. The van der Waals surface area contributed by atoms with Gasteiger partial charge in [0.05, 0.1) is 5.56 Å². The molecule has 3 rings (SSSR count). The van der Waals surface area contributed by atoms with Crippen LogP contribution in [0, 0.1) is 26.7 Å². The van der Waals surface area contributed by atoms with Crippen molar-refractivity contribution in [3.05, 3.63) is 54.6 Å². The van der Waals surface area contributed by atoms with Gasteiger partial charge in [0.15, 0.2) is 0 Å². The standard InChI is InChI=1S/C25H37N3O2S/c1-7-20(18-8-10-19(11-9-18)28(5)6)23-17(4)22(14-31-23)24(29)26-13-21-15(2)12-16(3)27-25(21)30/h12,14,18-20H,7-11,13H2,1-6H3,(H,26,29)(H,27,30)/t18-,19+,20?. The summed E-state index contributed by atoms with van der Waals surface area (Å²) in [6.45, 7) is 8.38. The Bertz CT molecular complexity index is 968. The summed E-state index contributed by atoms with van der Waals surface area (Å²) < 4.78 is 0. The zero-order valence-corrected chi connectivity index (χ0v) is 20.6. The molecule has 2 heterocycles. The van der Waals surface area contributed by atoms with Gasteiger partial charge < -0.3 is 15.2 Å². The number of hydrogen-bond acceptors (Lipinski definition) is 4. The molecule has 2 aromatic rings. The molecule has 0 aliphatic heterocycles. The molecule has 1 unspecified atom stereocenters. The number of nitrogens with one attached hydrogen (secondary N) is 2. The fourth-order valence-corrected chi connectivity index (χ4v) is 6.49. The summed E-state index contributed by atoms with van der Waals surface area (Å²) in [7, 11) is 4.37. The topological polar surface area (TPSA) is 65.2 Å². The molecule has 1 fully saturated rings. The summed E-state index contributed by atoms with van der Waals surface area (Å²) >= 11 is 1.73. The van der Waals surface area contributed by atoms with Crippen molar-refractivity contribution in [2.75, 3.05) is 14.1 Å². The Balaban J connectivity index is 1.70. The largest absolute Gasteiger partial charge is 0.348 e. The van der Waals surface area contributed by atoms with Gasteiger partial charge in [-0.15, -0.1) is 11.3 Å². The number of thiophene rings is 1. The summed E-state index contributed by atoms with van der Waals surface area (Å²) in [5, 5.41) is 4.97. The van der Waals surface area contributed by atoms with Crippen molar-refractivity contribution in [1.82, 2.24) is 15.2 Å². The molecular weight excluding hydrogens is 406 g/mol. The second-order valence-electron chi connectivity index (χ2n) is 9.31. The van der Waals surface area contributed by atoms with Crippen molar-refractivity contribution >= 4 is 17.2 Å². The first kappa shape index (κ1) is 23.7. The summed E-state index contributed by atoms with van der Waals surface area (Å²) in [5.41, 5.74) is 4.10. The molecule has 1 saturated carbocycles. The van der Waals surface area contributed by atoms with E-state index >= 15 is 0 Å². The van der Waals surface area contributed by atoms with Gasteiger partial charge in [-0.1, -0.05) is 6.92 Å². The monoisotopic (exact) mass is 443 g/mol. The molecule has 2 aromatic heterocycles. The number of rotatable bonds is 7. The van der Waals surface area contributed by atoms with Crippen LogP contribution in [0.15, 0.2) is 16.2 Å². The number of pyridine rings is 1. The number of aromatic nitrogens is 1. The quantitative estimate of drug-likeness (QED) is 0.639. The van der Waals surface area contributed by atoms with Gasteiger partial charge >= 0.3 is 0 Å². The van der Waals surface area contributed by atoms with Crippen LogP contribution in [0.1, 0.15) is 82.6 Å². The molecule has 1 amide bonds. The maximum Gasteiger partial charge on any atom is 0.253 e. The Kier molecular flexibility index (Phi) is 7.76. The van der Waals surface area contributed by atoms with Crippen molar-refractivity contribution in [3.63, 3.8) is 0 Å². The lowest BCUT2D eigenvalue weighted by Crippen LogP contribution is -2.33. The highest BCUT2D eigenvalue weighted by Gasteiger charge is 2.31. The second kappa shape index (κ2) is 10.1. The van der Waals surface area contributed by atoms with Crippen LogP contribution >= 0.6 is 11.3 Å². The molecule has 1 aliphatic rings. The van der Waals surface area contributed by atoms with Gasteiger partial charge in [-0.2, -0.15) is 0 Å². The number of hydrogen-bond donors (Lipinski definition) is 2. The molecule has 0 aromatic carbocycles. The van der Waals surface area contributed by atoms with E-state index in [-0.39, 0.29) is 18.0 Å². The predicted molar refractivity (Wildman–Crippen MR) is 129 cm³/mol. The van der Waals surface area contributed by atoms with E-state index in [1.807, 2.05) is 25.3 Å². The van der Waals surface area contributed by atoms with Crippen LogP contribution in [-0.4, -0.2) is 35.9 Å². The molecule has 170 valence electrons. The number of aromatic amines is 1. The van der Waals surface area contributed by atoms with Crippen molar-refractivity contribution < 1.29 is 4.79 Å². The highest BCUT2D eigenvalue weighted by Crippen LogP contribution is 2.42. The molecule has 31 heavy (non-hydrogen) atoms. The van der Waals surface area contributed by atoms with Crippen molar-refractivity contribution in [2.45, 2.75) is 78.3 Å². The van der Waals surface area contributed by atoms with Crippen LogP contribution in [0.5, 0.6) is 0 Å². The number of aryl methyl sites for hydroxylation is 2. The predicted octanol–water partition coefficient (Wildman–Crippen LogP) is 4.91. The third-order valence-corrected chi connectivity index (χ3v) is 8.28. The fraction of sp³-hybridized carbons (Fsp3) is 0.600. The zero-order chi connectivity index (χ0) is 22.7. The number of carbonyl (C=O) groups excluding carboxylic acids is 1. The Morgan fingerprint density at radius 1 is 1.23 bits per heavy atom. The molecule has 0 saturated heterocycles. The van der Waals surface area contributed by atoms with Crippen LogP contribution in [0.25, 0.3) is 0 Å². The van der Waals surface area contributed by atoms with E-state index in [0.29, 0.717) is 23.4 Å². The minimum atomic E-state index is -0.125. The number of nitrogens with zero attached hydrogens (tertiary/aromatic N) is 1. The first-order chi connectivity index (χ1) is 14.7. The van der Waals surface area contributed by atoms with E-state index in [4.69, 9.17) is 0 Å². The fourth-order valence-electron chi connectivity index (χ4n) is 5.14. The van der Waals surface area contributed by atoms with Gasteiger partial charge in [-0.3, -0.25) is 9.59 Å². The van der Waals surface area contributed by atoms with Crippen LogP contribution in [0.2, 0.25) is 0 Å². The van der Waals surface area contributed by atoms with E-state index < -0.39 is 0 Å². The molecule has 1 atom stereocenters. The lowest BCUT2D eigenvalue weighted by molar-refractivity contribution is 0.0950. The van der Waals surface area contributed by atoms with Crippen LogP contribution in [0.3, 0.4) is 0 Å². The molecule has 0 radical (unpaired) electrons. The average Bonchev–Trinajstić information content (AvgIpc) is 3.09. The van der Waals surface area contributed by atoms with E-state index in [9.17, 15) is 9.59 Å².